The van der Waals surface area contributed by atoms with Crippen LogP contribution in [0.25, 0.3) is 0 Å². The molecule has 92 valence electrons. The molecule has 0 unspecified atom stereocenters. The van der Waals surface area contributed by atoms with Crippen LogP contribution in [0, 0.1) is 0 Å². The van der Waals surface area contributed by atoms with Gasteiger partial charge in [0.25, 0.3) is 0 Å². The van der Waals surface area contributed by atoms with Gasteiger partial charge in [-0.15, -0.1) is 0 Å². The fourth-order valence-electron chi connectivity index (χ4n) is 1.85. The second kappa shape index (κ2) is 5.63. The minimum absolute atomic E-state index is 0.753. The third kappa shape index (κ3) is 2.94. The van der Waals surface area contributed by atoms with E-state index in [1.807, 2.05) is 36.4 Å². The summed E-state index contributed by atoms with van der Waals surface area (Å²) in [6.45, 7) is 1.74. The van der Waals surface area contributed by atoms with Gasteiger partial charge in [-0.25, -0.2) is 9.97 Å². The highest BCUT2D eigenvalue weighted by Gasteiger charge is 2.06. The lowest BCUT2D eigenvalue weighted by molar-refractivity contribution is 0.590. The lowest BCUT2D eigenvalue weighted by Gasteiger charge is -2.07. The summed E-state index contributed by atoms with van der Waals surface area (Å²) in [4.78, 5) is 8.71. The highest BCUT2D eigenvalue weighted by atomic mass is 15.1. The maximum atomic E-state index is 5.50. The Balaban J connectivity index is 2.01. The lowest BCUT2D eigenvalue weighted by atomic mass is 10.3. The van der Waals surface area contributed by atoms with E-state index in [1.54, 1.807) is 0 Å². The molecule has 2 heterocycles. The molecule has 17 heavy (non-hydrogen) atoms. The van der Waals surface area contributed by atoms with Crippen LogP contribution >= 0.6 is 0 Å². The van der Waals surface area contributed by atoms with Gasteiger partial charge in [0.05, 0.1) is 6.42 Å². The summed E-state index contributed by atoms with van der Waals surface area (Å²) >= 11 is 0. The second-order valence-electron chi connectivity index (χ2n) is 4.16. The zero-order chi connectivity index (χ0) is 12.1. The van der Waals surface area contributed by atoms with Crippen LogP contribution in [0.3, 0.4) is 0 Å². The smallest absolute Gasteiger partial charge is 0.116 e. The molecule has 0 spiro atoms. The summed E-state index contributed by atoms with van der Waals surface area (Å²) in [7, 11) is 2.00. The number of nitrogens with zero attached hydrogens (tertiary/aromatic N) is 4. The highest BCUT2D eigenvalue weighted by molar-refractivity contribution is 5.04. The molecule has 0 saturated heterocycles. The molecule has 2 aromatic heterocycles. The maximum Gasteiger partial charge on any atom is 0.116 e. The Morgan fingerprint density at radius 2 is 1.88 bits per heavy atom. The van der Waals surface area contributed by atoms with Gasteiger partial charge in [0.15, 0.2) is 0 Å². The Labute approximate surface area is 101 Å². The first kappa shape index (κ1) is 11.9. The average molecular weight is 233 g/mol. The number of rotatable bonds is 6. The van der Waals surface area contributed by atoms with E-state index in [9.17, 15) is 0 Å². The maximum absolute atomic E-state index is 5.50. The molecular formula is C12H19N5. The second-order valence-corrected chi connectivity index (χ2v) is 4.16. The van der Waals surface area contributed by atoms with Crippen LogP contribution in [0.1, 0.15) is 24.5 Å². The summed E-state index contributed by atoms with van der Waals surface area (Å²) in [5.74, 6) is 2.10. The van der Waals surface area contributed by atoms with Crippen molar-refractivity contribution in [2.45, 2.75) is 25.8 Å². The summed E-state index contributed by atoms with van der Waals surface area (Å²) in [5.41, 5.74) is 5.50. The summed E-state index contributed by atoms with van der Waals surface area (Å²) < 4.78 is 4.21. The number of aryl methyl sites for hydroxylation is 2. The number of aromatic nitrogens is 4. The summed E-state index contributed by atoms with van der Waals surface area (Å²) in [5, 5.41) is 0. The molecule has 5 heteroatoms. The van der Waals surface area contributed by atoms with Crippen LogP contribution < -0.4 is 5.73 Å². The molecule has 2 N–H and O–H groups in total. The average Bonchev–Trinajstić information content (AvgIpc) is 2.91. The van der Waals surface area contributed by atoms with E-state index in [1.165, 1.54) is 0 Å². The van der Waals surface area contributed by atoms with Gasteiger partial charge in [0, 0.05) is 38.4 Å². The van der Waals surface area contributed by atoms with Crippen molar-refractivity contribution in [1.29, 1.82) is 0 Å². The van der Waals surface area contributed by atoms with E-state index in [0.29, 0.717) is 0 Å². The van der Waals surface area contributed by atoms with Gasteiger partial charge >= 0.3 is 0 Å². The van der Waals surface area contributed by atoms with Crippen LogP contribution in [-0.4, -0.2) is 25.6 Å². The van der Waals surface area contributed by atoms with Gasteiger partial charge in [-0.1, -0.05) is 0 Å². The van der Waals surface area contributed by atoms with Gasteiger partial charge in [-0.05, 0) is 19.4 Å². The molecular weight excluding hydrogens is 214 g/mol. The minimum atomic E-state index is 0.753. The summed E-state index contributed by atoms with van der Waals surface area (Å²) in [6.07, 6.45) is 10.6. The topological polar surface area (TPSA) is 61.7 Å². The highest BCUT2D eigenvalue weighted by Crippen LogP contribution is 2.07. The van der Waals surface area contributed by atoms with E-state index < -0.39 is 0 Å². The molecule has 5 nitrogen and oxygen atoms in total. The van der Waals surface area contributed by atoms with Crippen molar-refractivity contribution in [1.82, 2.24) is 19.1 Å². The Morgan fingerprint density at radius 1 is 1.12 bits per heavy atom. The number of unbranched alkanes of at least 4 members (excludes halogenated alkanes) is 1. The van der Waals surface area contributed by atoms with E-state index >= 15 is 0 Å². The molecule has 0 saturated carbocycles. The largest absolute Gasteiger partial charge is 0.338 e. The van der Waals surface area contributed by atoms with E-state index in [4.69, 9.17) is 5.73 Å². The lowest BCUT2D eigenvalue weighted by Crippen LogP contribution is -2.08. The molecule has 0 aliphatic rings. The monoisotopic (exact) mass is 233 g/mol. The van der Waals surface area contributed by atoms with Crippen LogP contribution in [-0.2, 0) is 20.0 Å². The van der Waals surface area contributed by atoms with Gasteiger partial charge in [0.1, 0.15) is 11.6 Å². The number of imidazole rings is 2. The Kier molecular flexibility index (Phi) is 3.93. The SMILES string of the molecule is Cn1ccnc1Cc1nccn1CCCCN. The molecule has 0 aromatic carbocycles. The Bertz CT molecular complexity index is 457. The Morgan fingerprint density at radius 3 is 2.59 bits per heavy atom. The molecule has 0 radical (unpaired) electrons. The third-order valence-electron chi connectivity index (χ3n) is 2.89. The van der Waals surface area contributed by atoms with Crippen molar-refractivity contribution in [2.75, 3.05) is 6.54 Å². The van der Waals surface area contributed by atoms with Crippen LogP contribution in [0.5, 0.6) is 0 Å². The molecule has 0 atom stereocenters. The van der Waals surface area contributed by atoms with Crippen molar-refractivity contribution < 1.29 is 0 Å². The van der Waals surface area contributed by atoms with Gasteiger partial charge < -0.3 is 14.9 Å². The van der Waals surface area contributed by atoms with Gasteiger partial charge in [-0.2, -0.15) is 0 Å². The molecule has 0 amide bonds. The molecule has 2 rings (SSSR count). The van der Waals surface area contributed by atoms with E-state index in [0.717, 1.165) is 44.0 Å². The van der Waals surface area contributed by atoms with Crippen molar-refractivity contribution in [2.24, 2.45) is 12.8 Å². The number of hydrogen-bond acceptors (Lipinski definition) is 3. The first-order valence-corrected chi connectivity index (χ1v) is 5.97. The van der Waals surface area contributed by atoms with Gasteiger partial charge in [-0.3, -0.25) is 0 Å². The Hall–Kier alpha value is -1.62. The van der Waals surface area contributed by atoms with Crippen LogP contribution in [0.4, 0.5) is 0 Å². The van der Waals surface area contributed by atoms with Gasteiger partial charge in [0.2, 0.25) is 0 Å². The first-order chi connectivity index (χ1) is 8.31. The predicted octanol–water partition coefficient (Wildman–Crippen LogP) is 0.946. The molecule has 0 fully saturated rings. The number of nitrogens with two attached hydrogens (primary N) is 1. The van der Waals surface area contributed by atoms with Crippen molar-refractivity contribution in [3.05, 3.63) is 36.4 Å². The number of hydrogen-bond donors (Lipinski definition) is 1. The van der Waals surface area contributed by atoms with E-state index in [2.05, 4.69) is 14.5 Å². The normalized spacial score (nSPS) is 10.9. The first-order valence-electron chi connectivity index (χ1n) is 5.97. The predicted molar refractivity (Wildman–Crippen MR) is 66.5 cm³/mol. The van der Waals surface area contributed by atoms with Crippen LogP contribution in [0.15, 0.2) is 24.8 Å². The summed E-state index contributed by atoms with van der Waals surface area (Å²) in [6, 6.07) is 0. The third-order valence-corrected chi connectivity index (χ3v) is 2.89. The zero-order valence-corrected chi connectivity index (χ0v) is 10.2. The molecule has 0 aliphatic heterocycles. The molecule has 0 bridgehead atoms. The van der Waals surface area contributed by atoms with E-state index in [-0.39, 0.29) is 0 Å². The standard InChI is InChI=1S/C12H19N5/c1-16-8-5-14-11(16)10-12-15-6-9-17(12)7-3-2-4-13/h5-6,8-9H,2-4,7,10,13H2,1H3. The zero-order valence-electron chi connectivity index (χ0n) is 10.2. The quantitative estimate of drug-likeness (QED) is 0.755. The van der Waals surface area contributed by atoms with Crippen molar-refractivity contribution in [3.8, 4) is 0 Å². The fourth-order valence-corrected chi connectivity index (χ4v) is 1.85. The minimum Gasteiger partial charge on any atom is -0.338 e. The van der Waals surface area contributed by atoms with Crippen molar-refractivity contribution >= 4 is 0 Å². The molecule has 2 aromatic rings. The van der Waals surface area contributed by atoms with Crippen molar-refractivity contribution in [3.63, 3.8) is 0 Å². The fraction of sp³-hybridized carbons (Fsp3) is 0.500. The van der Waals surface area contributed by atoms with Crippen LogP contribution in [0.2, 0.25) is 0 Å². The molecule has 0 aliphatic carbocycles.